The predicted octanol–water partition coefficient (Wildman–Crippen LogP) is 7.59. The van der Waals surface area contributed by atoms with E-state index in [1.807, 2.05) is 36.4 Å². The van der Waals surface area contributed by atoms with Crippen molar-refractivity contribution in [3.8, 4) is 17.0 Å². The van der Waals surface area contributed by atoms with E-state index in [0.717, 1.165) is 60.8 Å². The van der Waals surface area contributed by atoms with Gasteiger partial charge >= 0.3 is 6.09 Å². The van der Waals surface area contributed by atoms with Crippen LogP contribution in [0.4, 0.5) is 9.18 Å². The number of amides is 1. The minimum absolute atomic E-state index is 0.213. The van der Waals surface area contributed by atoms with Crippen LogP contribution in [-0.4, -0.2) is 72.1 Å². The number of pyridine rings is 1. The summed E-state index contributed by atoms with van der Waals surface area (Å²) in [5.41, 5.74) is 2.54. The molecule has 1 N–H and O–H groups in total. The van der Waals surface area contributed by atoms with E-state index in [-0.39, 0.29) is 17.9 Å². The molecule has 1 unspecified atom stereocenters. The van der Waals surface area contributed by atoms with Crippen LogP contribution in [0.5, 0.6) is 5.75 Å². The van der Waals surface area contributed by atoms with Gasteiger partial charge in [0.1, 0.15) is 5.60 Å². The molecule has 2 fully saturated rings. The molecule has 1 atom stereocenters. The minimum Gasteiger partial charge on any atom is -0.505 e. The van der Waals surface area contributed by atoms with Crippen molar-refractivity contribution >= 4 is 17.1 Å². The number of carbonyl (C=O) groups excluding carboxylic acids is 1. The normalized spacial score (nSPS) is 20.5. The fourth-order valence-electron chi connectivity index (χ4n) is 6.81. The van der Waals surface area contributed by atoms with E-state index in [2.05, 4.69) is 39.5 Å². The quantitative estimate of drug-likeness (QED) is 0.290. The molecule has 1 amide bonds. The molecule has 1 aromatic carbocycles. The van der Waals surface area contributed by atoms with Crippen LogP contribution in [0.1, 0.15) is 105 Å². The molecule has 2 aliphatic rings. The molecule has 0 radical (unpaired) electrons. The lowest BCUT2D eigenvalue weighted by molar-refractivity contribution is -0.0831. The smallest absolute Gasteiger partial charge is 0.410 e. The molecule has 0 bridgehead atoms. The van der Waals surface area contributed by atoms with Crippen LogP contribution < -0.4 is 0 Å². The molecular weight excluding hydrogens is 573 g/mol. The number of hydrogen-bond donors (Lipinski definition) is 1. The Bertz CT molecular complexity index is 1540. The molecule has 9 nitrogen and oxygen atoms in total. The highest BCUT2D eigenvalue weighted by Crippen LogP contribution is 2.40. The van der Waals surface area contributed by atoms with Gasteiger partial charge in [-0.1, -0.05) is 20.8 Å². The van der Waals surface area contributed by atoms with Crippen LogP contribution in [0, 0.1) is 5.82 Å². The summed E-state index contributed by atoms with van der Waals surface area (Å²) in [7, 11) is 0. The number of phenolic OH excluding ortho intramolecular Hbond substituents is 1. The van der Waals surface area contributed by atoms with Crippen LogP contribution in [-0.2, 0) is 22.4 Å². The molecule has 0 aliphatic carbocycles. The summed E-state index contributed by atoms with van der Waals surface area (Å²) in [6.07, 6.45) is 4.74. The zero-order valence-electron chi connectivity index (χ0n) is 28.2. The summed E-state index contributed by atoms with van der Waals surface area (Å²) in [5, 5.41) is 15.9. The summed E-state index contributed by atoms with van der Waals surface area (Å²) in [4.78, 5) is 23.1. The Labute approximate surface area is 266 Å². The van der Waals surface area contributed by atoms with Crippen LogP contribution >= 0.6 is 0 Å². The van der Waals surface area contributed by atoms with Crippen molar-refractivity contribution < 1.29 is 23.8 Å². The van der Waals surface area contributed by atoms with Crippen molar-refractivity contribution in [2.75, 3.05) is 19.7 Å². The second-order valence-electron chi connectivity index (χ2n) is 14.3. The van der Waals surface area contributed by atoms with E-state index in [9.17, 15) is 14.3 Å². The number of aryl methyl sites for hydroxylation is 1. The fourth-order valence-corrected chi connectivity index (χ4v) is 6.81. The summed E-state index contributed by atoms with van der Waals surface area (Å²) in [6, 6.07) is 6.42. The maximum absolute atomic E-state index is 14.6. The van der Waals surface area contributed by atoms with E-state index in [4.69, 9.17) is 19.6 Å². The zero-order chi connectivity index (χ0) is 32.7. The lowest BCUT2D eigenvalue weighted by atomic mass is 9.82. The Kier molecular flexibility index (Phi) is 9.21. The van der Waals surface area contributed by atoms with Crippen LogP contribution in [0.3, 0.4) is 0 Å². The van der Waals surface area contributed by atoms with Crippen LogP contribution in [0.15, 0.2) is 24.3 Å². The monoisotopic (exact) mass is 623 g/mol. The molecule has 4 heterocycles. The number of aromatic hydroxyl groups is 1. The molecule has 0 saturated carbocycles. The van der Waals surface area contributed by atoms with Crippen molar-refractivity contribution in [3.63, 3.8) is 0 Å². The van der Waals surface area contributed by atoms with Gasteiger partial charge < -0.3 is 14.6 Å². The largest absolute Gasteiger partial charge is 0.505 e. The lowest BCUT2D eigenvalue weighted by Crippen LogP contribution is -2.70. The summed E-state index contributed by atoms with van der Waals surface area (Å²) in [6.45, 7) is 18.9. The summed E-state index contributed by atoms with van der Waals surface area (Å²) in [5.74, 6) is -1.08. The van der Waals surface area contributed by atoms with Gasteiger partial charge in [-0.2, -0.15) is 5.10 Å². The van der Waals surface area contributed by atoms with Gasteiger partial charge in [0.25, 0.3) is 0 Å². The molecular formula is C35H50FN5O4. The number of hydrogen-bond acceptors (Lipinski definition) is 7. The molecule has 45 heavy (non-hydrogen) atoms. The number of halogens is 1. The third-order valence-electron chi connectivity index (χ3n) is 9.57. The lowest BCUT2D eigenvalue weighted by Gasteiger charge is -2.57. The average molecular weight is 624 g/mol. The van der Waals surface area contributed by atoms with Gasteiger partial charge in [-0.25, -0.2) is 18.9 Å². The number of benzene rings is 1. The van der Waals surface area contributed by atoms with Gasteiger partial charge in [0.15, 0.2) is 23.4 Å². The Balaban J connectivity index is 1.63. The van der Waals surface area contributed by atoms with E-state index < -0.39 is 22.7 Å². The van der Waals surface area contributed by atoms with Gasteiger partial charge in [0, 0.05) is 42.7 Å². The summed E-state index contributed by atoms with van der Waals surface area (Å²) >= 11 is 0. The maximum Gasteiger partial charge on any atom is 0.410 e. The maximum atomic E-state index is 14.6. The van der Waals surface area contributed by atoms with Crippen molar-refractivity contribution in [2.45, 2.75) is 123 Å². The Morgan fingerprint density at radius 2 is 1.87 bits per heavy atom. The molecule has 2 saturated heterocycles. The highest BCUT2D eigenvalue weighted by Gasteiger charge is 2.49. The SMILES string of the molecule is CCc1nn(C2CCCCO2)c2nc(-c3ccc(O)c(F)c3)cc(CN3CC(CC)(CC)N(C(=O)OC(C)(C)C)CC3(C)C)c12. The molecule has 2 aromatic heterocycles. The Morgan fingerprint density at radius 3 is 2.47 bits per heavy atom. The third-order valence-corrected chi connectivity index (χ3v) is 9.57. The number of rotatable bonds is 7. The topological polar surface area (TPSA) is 93.0 Å². The van der Waals surface area contributed by atoms with Crippen molar-refractivity contribution in [1.29, 1.82) is 0 Å². The van der Waals surface area contributed by atoms with Crippen LogP contribution in [0.2, 0.25) is 0 Å². The van der Waals surface area contributed by atoms with Gasteiger partial charge in [-0.3, -0.25) is 9.80 Å². The molecule has 2 aliphatic heterocycles. The van der Waals surface area contributed by atoms with Crippen molar-refractivity contribution in [3.05, 3.63) is 41.3 Å². The summed E-state index contributed by atoms with van der Waals surface area (Å²) < 4.78 is 28.6. The van der Waals surface area contributed by atoms with E-state index in [1.165, 1.54) is 12.1 Å². The van der Waals surface area contributed by atoms with E-state index in [0.29, 0.717) is 37.5 Å². The first-order valence-corrected chi connectivity index (χ1v) is 16.5. The van der Waals surface area contributed by atoms with Crippen molar-refractivity contribution in [2.24, 2.45) is 0 Å². The standard InChI is InChI=1S/C35H50FN5O4/c1-9-26-30-24(20-39-22-35(10-2,11-3)40(21-34(39,7)8)32(43)45-33(4,5)6)19-27(23-15-16-28(42)25(36)18-23)37-31(30)41(38-26)29-14-12-13-17-44-29/h15-16,18-19,29,42H,9-14,17,20-22H2,1-8H3. The van der Waals surface area contributed by atoms with Crippen molar-refractivity contribution in [1.82, 2.24) is 24.6 Å². The number of aromatic nitrogens is 3. The van der Waals surface area contributed by atoms with E-state index in [1.54, 1.807) is 6.07 Å². The molecule has 3 aromatic rings. The van der Waals surface area contributed by atoms with Gasteiger partial charge in [-0.15, -0.1) is 0 Å². The fraction of sp³-hybridized carbons (Fsp3) is 0.629. The Morgan fingerprint density at radius 1 is 1.13 bits per heavy atom. The van der Waals surface area contributed by atoms with Crippen LogP contribution in [0.25, 0.3) is 22.3 Å². The number of nitrogens with zero attached hydrogens (tertiary/aromatic N) is 5. The first-order valence-electron chi connectivity index (χ1n) is 16.5. The highest BCUT2D eigenvalue weighted by atomic mass is 19.1. The number of piperazine rings is 1. The van der Waals surface area contributed by atoms with Gasteiger partial charge in [0.05, 0.1) is 16.9 Å². The highest BCUT2D eigenvalue weighted by molar-refractivity contribution is 5.85. The average Bonchev–Trinajstić information content (AvgIpc) is 3.38. The first kappa shape index (κ1) is 33.1. The minimum atomic E-state index is -0.690. The van der Waals surface area contributed by atoms with Gasteiger partial charge in [0.2, 0.25) is 0 Å². The number of fused-ring (bicyclic) bond motifs is 1. The number of ether oxygens (including phenoxy) is 2. The molecule has 246 valence electrons. The third kappa shape index (κ3) is 6.54. The second-order valence-corrected chi connectivity index (χ2v) is 14.3. The number of phenols is 1. The second kappa shape index (κ2) is 12.5. The van der Waals surface area contributed by atoms with E-state index >= 15 is 0 Å². The van der Waals surface area contributed by atoms with Gasteiger partial charge in [-0.05, 0) is 103 Å². The zero-order valence-corrected chi connectivity index (χ0v) is 28.2. The molecule has 0 spiro atoms. The molecule has 10 heteroatoms. The molecule has 5 rings (SSSR count). The first-order chi connectivity index (χ1) is 21.2. The Hall–Kier alpha value is -3.24. The number of carbonyl (C=O) groups is 1. The predicted molar refractivity (Wildman–Crippen MR) is 174 cm³/mol.